The highest BCUT2D eigenvalue weighted by Gasteiger charge is 2.43. The lowest BCUT2D eigenvalue weighted by molar-refractivity contribution is -0.152. The smallest absolute Gasteiger partial charge is 0.309 e. The van der Waals surface area contributed by atoms with Crippen molar-refractivity contribution < 1.29 is 14.3 Å². The van der Waals surface area contributed by atoms with Crippen LogP contribution < -0.4 is 0 Å². The van der Waals surface area contributed by atoms with Crippen LogP contribution >= 0.6 is 0 Å². The monoisotopic (exact) mass is 226 g/mol. The SMILES string of the molecule is CC(C)OCCOC(=O)C1CC2CCC1C2. The summed E-state index contributed by atoms with van der Waals surface area (Å²) in [7, 11) is 0. The predicted molar refractivity (Wildman–Crippen MR) is 61.0 cm³/mol. The van der Waals surface area contributed by atoms with Gasteiger partial charge in [0.05, 0.1) is 18.6 Å². The second kappa shape index (κ2) is 5.17. The van der Waals surface area contributed by atoms with Crippen LogP contribution in [0.3, 0.4) is 0 Å². The van der Waals surface area contributed by atoms with Crippen LogP contribution in [-0.4, -0.2) is 25.3 Å². The fourth-order valence-corrected chi connectivity index (χ4v) is 3.07. The molecule has 2 aliphatic carbocycles. The number of carbonyl (C=O) groups excluding carboxylic acids is 1. The van der Waals surface area contributed by atoms with Crippen molar-refractivity contribution >= 4 is 5.97 Å². The molecule has 0 amide bonds. The standard InChI is InChI=1S/C13H22O3/c1-9(2)15-5-6-16-13(14)12-8-10-3-4-11(12)7-10/h9-12H,3-8H2,1-2H3. The minimum atomic E-state index is 0.0135. The molecule has 3 atom stereocenters. The second-order valence-corrected chi connectivity index (χ2v) is 5.37. The van der Waals surface area contributed by atoms with Crippen LogP contribution in [0.25, 0.3) is 0 Å². The van der Waals surface area contributed by atoms with Crippen molar-refractivity contribution in [3.05, 3.63) is 0 Å². The van der Waals surface area contributed by atoms with Crippen LogP contribution in [-0.2, 0) is 14.3 Å². The topological polar surface area (TPSA) is 35.5 Å². The highest BCUT2D eigenvalue weighted by Crippen LogP contribution is 2.48. The quantitative estimate of drug-likeness (QED) is 0.533. The van der Waals surface area contributed by atoms with Gasteiger partial charge in [0.15, 0.2) is 0 Å². The zero-order valence-corrected chi connectivity index (χ0v) is 10.3. The first-order chi connectivity index (χ1) is 7.66. The number of esters is 1. The highest BCUT2D eigenvalue weighted by atomic mass is 16.6. The van der Waals surface area contributed by atoms with Crippen molar-refractivity contribution in [2.24, 2.45) is 17.8 Å². The molecule has 16 heavy (non-hydrogen) atoms. The first-order valence-corrected chi connectivity index (χ1v) is 6.45. The Balaban J connectivity index is 1.65. The van der Waals surface area contributed by atoms with Crippen LogP contribution in [0.15, 0.2) is 0 Å². The molecule has 0 aromatic carbocycles. The van der Waals surface area contributed by atoms with Gasteiger partial charge in [-0.2, -0.15) is 0 Å². The van der Waals surface area contributed by atoms with E-state index in [-0.39, 0.29) is 18.0 Å². The molecular weight excluding hydrogens is 204 g/mol. The normalized spacial score (nSPS) is 32.3. The zero-order valence-electron chi connectivity index (χ0n) is 10.3. The second-order valence-electron chi connectivity index (χ2n) is 5.37. The van der Waals surface area contributed by atoms with Crippen LogP contribution in [0.2, 0.25) is 0 Å². The molecule has 2 fully saturated rings. The van der Waals surface area contributed by atoms with E-state index in [9.17, 15) is 4.79 Å². The van der Waals surface area contributed by atoms with E-state index in [0.717, 1.165) is 12.3 Å². The minimum Gasteiger partial charge on any atom is -0.463 e. The molecule has 0 heterocycles. The van der Waals surface area contributed by atoms with E-state index in [1.54, 1.807) is 0 Å². The molecule has 2 aliphatic rings. The summed E-state index contributed by atoms with van der Waals surface area (Å²) in [5.41, 5.74) is 0. The average molecular weight is 226 g/mol. The van der Waals surface area contributed by atoms with Crippen LogP contribution in [0.5, 0.6) is 0 Å². The fraction of sp³-hybridized carbons (Fsp3) is 0.923. The van der Waals surface area contributed by atoms with Crippen molar-refractivity contribution in [1.29, 1.82) is 0 Å². The number of ether oxygens (including phenoxy) is 2. The third-order valence-electron chi connectivity index (χ3n) is 3.82. The van der Waals surface area contributed by atoms with Crippen LogP contribution in [0.1, 0.15) is 39.5 Å². The van der Waals surface area contributed by atoms with Crippen molar-refractivity contribution in [3.8, 4) is 0 Å². The highest BCUT2D eigenvalue weighted by molar-refractivity contribution is 5.73. The fourth-order valence-electron chi connectivity index (χ4n) is 3.07. The molecule has 0 saturated heterocycles. The lowest BCUT2D eigenvalue weighted by atomic mass is 9.89. The molecule has 3 nitrogen and oxygen atoms in total. The molecule has 3 unspecified atom stereocenters. The number of rotatable bonds is 5. The van der Waals surface area contributed by atoms with Gasteiger partial charge in [0.25, 0.3) is 0 Å². The van der Waals surface area contributed by atoms with Gasteiger partial charge in [-0.3, -0.25) is 4.79 Å². The molecule has 2 saturated carbocycles. The third-order valence-corrected chi connectivity index (χ3v) is 3.82. The Kier molecular flexibility index (Phi) is 3.85. The lowest BCUT2D eigenvalue weighted by Crippen LogP contribution is -2.24. The number of hydrogen-bond acceptors (Lipinski definition) is 3. The molecule has 0 aromatic rings. The number of hydrogen-bond donors (Lipinski definition) is 0. The van der Waals surface area contributed by atoms with Crippen molar-refractivity contribution in [1.82, 2.24) is 0 Å². The summed E-state index contributed by atoms with van der Waals surface area (Å²) in [4.78, 5) is 11.8. The van der Waals surface area contributed by atoms with E-state index in [1.165, 1.54) is 19.3 Å². The summed E-state index contributed by atoms with van der Waals surface area (Å²) in [6.45, 7) is 4.89. The molecule has 2 rings (SSSR count). The number of carbonyl (C=O) groups is 1. The van der Waals surface area contributed by atoms with Crippen molar-refractivity contribution in [2.45, 2.75) is 45.6 Å². The van der Waals surface area contributed by atoms with Gasteiger partial charge < -0.3 is 9.47 Å². The molecule has 0 aliphatic heterocycles. The maximum Gasteiger partial charge on any atom is 0.309 e. The Morgan fingerprint density at radius 2 is 2.06 bits per heavy atom. The van der Waals surface area contributed by atoms with E-state index < -0.39 is 0 Å². The maximum absolute atomic E-state index is 11.8. The largest absolute Gasteiger partial charge is 0.463 e. The van der Waals surface area contributed by atoms with E-state index in [2.05, 4.69) is 0 Å². The summed E-state index contributed by atoms with van der Waals surface area (Å²) in [6.07, 6.45) is 5.08. The van der Waals surface area contributed by atoms with Gasteiger partial charge in [-0.15, -0.1) is 0 Å². The first-order valence-electron chi connectivity index (χ1n) is 6.45. The Morgan fingerprint density at radius 1 is 1.25 bits per heavy atom. The first kappa shape index (κ1) is 11.9. The Labute approximate surface area is 97.5 Å². The summed E-state index contributed by atoms with van der Waals surface area (Å²) >= 11 is 0. The van der Waals surface area contributed by atoms with Crippen molar-refractivity contribution in [3.63, 3.8) is 0 Å². The molecule has 0 spiro atoms. The van der Waals surface area contributed by atoms with E-state index in [0.29, 0.717) is 19.1 Å². The molecular formula is C13H22O3. The average Bonchev–Trinajstić information content (AvgIpc) is 2.85. The van der Waals surface area contributed by atoms with Gasteiger partial charge in [-0.25, -0.2) is 0 Å². The Hall–Kier alpha value is -0.570. The van der Waals surface area contributed by atoms with Gasteiger partial charge in [-0.05, 0) is 44.9 Å². The van der Waals surface area contributed by atoms with Crippen LogP contribution in [0, 0.1) is 17.8 Å². The van der Waals surface area contributed by atoms with Gasteiger partial charge >= 0.3 is 5.97 Å². The minimum absolute atomic E-state index is 0.0135. The summed E-state index contributed by atoms with van der Waals surface area (Å²) in [6, 6.07) is 0. The molecule has 2 bridgehead atoms. The van der Waals surface area contributed by atoms with Crippen LogP contribution in [0.4, 0.5) is 0 Å². The lowest BCUT2D eigenvalue weighted by Gasteiger charge is -2.20. The molecule has 0 radical (unpaired) electrons. The molecule has 3 heteroatoms. The van der Waals surface area contributed by atoms with E-state index in [1.807, 2.05) is 13.8 Å². The molecule has 0 aromatic heterocycles. The maximum atomic E-state index is 11.8. The Bertz CT molecular complexity index is 250. The van der Waals surface area contributed by atoms with Gasteiger partial charge in [-0.1, -0.05) is 6.42 Å². The van der Waals surface area contributed by atoms with Crippen molar-refractivity contribution in [2.75, 3.05) is 13.2 Å². The Morgan fingerprint density at radius 3 is 2.62 bits per heavy atom. The summed E-state index contributed by atoms with van der Waals surface area (Å²) in [5, 5.41) is 0. The predicted octanol–water partition coefficient (Wildman–Crippen LogP) is 2.39. The zero-order chi connectivity index (χ0) is 11.5. The third kappa shape index (κ3) is 2.76. The molecule has 92 valence electrons. The summed E-state index contributed by atoms with van der Waals surface area (Å²) < 4.78 is 10.6. The summed E-state index contributed by atoms with van der Waals surface area (Å²) in [5.74, 6) is 1.62. The van der Waals surface area contributed by atoms with Gasteiger partial charge in [0.1, 0.15) is 6.61 Å². The number of fused-ring (bicyclic) bond motifs is 2. The molecule has 0 N–H and O–H groups in total. The van der Waals surface area contributed by atoms with E-state index in [4.69, 9.17) is 9.47 Å². The van der Waals surface area contributed by atoms with Gasteiger partial charge in [0, 0.05) is 0 Å². The van der Waals surface area contributed by atoms with E-state index >= 15 is 0 Å². The van der Waals surface area contributed by atoms with Gasteiger partial charge in [0.2, 0.25) is 0 Å².